The molecule has 184 valence electrons. The van der Waals surface area contributed by atoms with Crippen molar-refractivity contribution in [2.24, 2.45) is 0 Å². The van der Waals surface area contributed by atoms with E-state index in [2.05, 4.69) is 27.4 Å². The molecule has 0 saturated carbocycles. The second kappa shape index (κ2) is 12.7. The summed E-state index contributed by atoms with van der Waals surface area (Å²) in [5, 5.41) is 24.6. The Morgan fingerprint density at radius 1 is 1.20 bits per heavy atom. The van der Waals surface area contributed by atoms with E-state index in [0.717, 1.165) is 17.7 Å². The Kier molecular flexibility index (Phi) is 9.45. The number of hydrogen-bond donors (Lipinski definition) is 3. The van der Waals surface area contributed by atoms with Crippen LogP contribution in [0.3, 0.4) is 0 Å². The fourth-order valence-electron chi connectivity index (χ4n) is 3.41. The van der Waals surface area contributed by atoms with Crippen LogP contribution in [0, 0.1) is 0 Å². The van der Waals surface area contributed by atoms with Crippen LogP contribution in [-0.4, -0.2) is 51.2 Å². The summed E-state index contributed by atoms with van der Waals surface area (Å²) >= 11 is 1.22. The van der Waals surface area contributed by atoms with Gasteiger partial charge >= 0.3 is 0 Å². The number of allylic oxidation sites excluding steroid dienone is 1. The van der Waals surface area contributed by atoms with Crippen LogP contribution in [0.4, 0.5) is 5.69 Å². The molecular weight excluding hydrogens is 466 g/mol. The number of carbonyl (C=O) groups is 2. The van der Waals surface area contributed by atoms with Gasteiger partial charge in [0.05, 0.1) is 19.5 Å². The van der Waals surface area contributed by atoms with Gasteiger partial charge in [0.1, 0.15) is 11.8 Å². The zero-order chi connectivity index (χ0) is 25.2. The van der Waals surface area contributed by atoms with Crippen LogP contribution in [0.5, 0.6) is 5.75 Å². The van der Waals surface area contributed by atoms with Crippen LogP contribution < -0.4 is 15.4 Å². The van der Waals surface area contributed by atoms with Gasteiger partial charge in [-0.1, -0.05) is 43.0 Å². The topological polar surface area (TPSA) is 118 Å². The predicted octanol–water partition coefficient (Wildman–Crippen LogP) is 3.23. The third kappa shape index (κ3) is 6.71. The van der Waals surface area contributed by atoms with Crippen molar-refractivity contribution in [3.63, 3.8) is 0 Å². The summed E-state index contributed by atoms with van der Waals surface area (Å²) in [6.45, 7) is 5.77. The number of ether oxygens (including phenoxy) is 1. The third-order valence-corrected chi connectivity index (χ3v) is 6.18. The minimum absolute atomic E-state index is 0.120. The van der Waals surface area contributed by atoms with Gasteiger partial charge in [0.15, 0.2) is 11.0 Å². The van der Waals surface area contributed by atoms with Crippen LogP contribution >= 0.6 is 11.8 Å². The second-order valence-electron chi connectivity index (χ2n) is 7.52. The Morgan fingerprint density at radius 2 is 1.94 bits per heavy atom. The average Bonchev–Trinajstić information content (AvgIpc) is 3.28. The molecule has 0 unspecified atom stereocenters. The van der Waals surface area contributed by atoms with Crippen molar-refractivity contribution >= 4 is 29.3 Å². The number of methoxy groups -OCH3 is 1. The zero-order valence-electron chi connectivity index (χ0n) is 19.7. The molecule has 35 heavy (non-hydrogen) atoms. The molecule has 3 rings (SSSR count). The van der Waals surface area contributed by atoms with Crippen molar-refractivity contribution < 1.29 is 19.4 Å². The number of aliphatic hydroxyl groups excluding tert-OH is 1. The van der Waals surface area contributed by atoms with Gasteiger partial charge in [-0.3, -0.25) is 9.59 Å². The van der Waals surface area contributed by atoms with Crippen molar-refractivity contribution in [1.82, 2.24) is 20.1 Å². The van der Waals surface area contributed by atoms with E-state index in [9.17, 15) is 14.7 Å². The number of anilines is 1. The molecule has 0 spiro atoms. The van der Waals surface area contributed by atoms with Crippen LogP contribution in [0.15, 0.2) is 66.3 Å². The van der Waals surface area contributed by atoms with Crippen LogP contribution in [0.2, 0.25) is 0 Å². The molecule has 9 nitrogen and oxygen atoms in total. The van der Waals surface area contributed by atoms with E-state index in [1.54, 1.807) is 42.0 Å². The monoisotopic (exact) mass is 495 g/mol. The molecule has 1 heterocycles. The van der Waals surface area contributed by atoms with Crippen LogP contribution in [-0.2, 0) is 17.8 Å². The number of nitrogens with zero attached hydrogens (tertiary/aromatic N) is 3. The molecule has 0 aliphatic heterocycles. The molecule has 10 heteroatoms. The smallest absolute Gasteiger partial charge is 0.251 e. The first-order chi connectivity index (χ1) is 17.0. The zero-order valence-corrected chi connectivity index (χ0v) is 20.5. The number of thioether (sulfide) groups is 1. The van der Waals surface area contributed by atoms with E-state index >= 15 is 0 Å². The van der Waals surface area contributed by atoms with E-state index in [1.807, 2.05) is 31.2 Å². The fraction of sp³-hybridized carbons (Fsp3) is 0.280. The summed E-state index contributed by atoms with van der Waals surface area (Å²) in [6, 6.07) is 13.5. The van der Waals surface area contributed by atoms with E-state index < -0.39 is 6.04 Å². The number of rotatable bonds is 12. The summed E-state index contributed by atoms with van der Waals surface area (Å²) in [5.74, 6) is 0.582. The number of hydrogen-bond acceptors (Lipinski definition) is 7. The highest BCUT2D eigenvalue weighted by Gasteiger charge is 2.23. The lowest BCUT2D eigenvalue weighted by atomic mass is 10.1. The maximum Gasteiger partial charge on any atom is 0.251 e. The van der Waals surface area contributed by atoms with Crippen molar-refractivity contribution in [2.45, 2.75) is 31.1 Å². The van der Waals surface area contributed by atoms with Crippen molar-refractivity contribution in [2.75, 3.05) is 24.8 Å². The Hall–Kier alpha value is -3.63. The molecular formula is C25H29N5O4S. The maximum absolute atomic E-state index is 12.7. The number of aryl methyl sites for hydroxylation is 1. The minimum atomic E-state index is -0.795. The molecule has 1 aromatic heterocycles. The summed E-state index contributed by atoms with van der Waals surface area (Å²) in [5.41, 5.74) is 2.26. The summed E-state index contributed by atoms with van der Waals surface area (Å²) < 4.78 is 6.84. The quantitative estimate of drug-likeness (QED) is 0.261. The second-order valence-corrected chi connectivity index (χ2v) is 8.47. The Balaban J connectivity index is 1.70. The van der Waals surface area contributed by atoms with Crippen molar-refractivity contribution in [1.29, 1.82) is 0 Å². The molecule has 2 amide bonds. The first-order valence-corrected chi connectivity index (χ1v) is 12.1. The number of amides is 2. The minimum Gasteiger partial charge on any atom is -0.497 e. The first-order valence-electron chi connectivity index (χ1n) is 11.1. The molecule has 0 bridgehead atoms. The number of aromatic nitrogens is 3. The number of benzene rings is 2. The number of para-hydroxylation sites is 1. The van der Waals surface area contributed by atoms with Gasteiger partial charge < -0.3 is 25.0 Å². The maximum atomic E-state index is 12.7. The van der Waals surface area contributed by atoms with Gasteiger partial charge in [-0.05, 0) is 42.3 Å². The van der Waals surface area contributed by atoms with Crippen LogP contribution in [0.1, 0.15) is 34.7 Å². The highest BCUT2D eigenvalue weighted by atomic mass is 32.2. The SMILES string of the molecule is C=CCn1c(SCC(=O)Nc2ccccc2CC)nnc1[C@H](CO)NC(=O)c1ccc(OC)cc1. The summed E-state index contributed by atoms with van der Waals surface area (Å²) in [6.07, 6.45) is 2.47. The molecule has 2 aromatic carbocycles. The number of carbonyl (C=O) groups excluding carboxylic acids is 2. The predicted molar refractivity (Wildman–Crippen MR) is 136 cm³/mol. The Bertz CT molecular complexity index is 1160. The largest absolute Gasteiger partial charge is 0.497 e. The third-order valence-electron chi connectivity index (χ3n) is 5.21. The van der Waals surface area contributed by atoms with Gasteiger partial charge in [0, 0.05) is 17.8 Å². The fourth-order valence-corrected chi connectivity index (χ4v) is 4.16. The van der Waals surface area contributed by atoms with Gasteiger partial charge in [-0.15, -0.1) is 16.8 Å². The lowest BCUT2D eigenvalue weighted by Crippen LogP contribution is -2.33. The van der Waals surface area contributed by atoms with Gasteiger partial charge in [0.25, 0.3) is 5.91 Å². The van der Waals surface area contributed by atoms with Crippen LogP contribution in [0.25, 0.3) is 0 Å². The lowest BCUT2D eigenvalue weighted by Gasteiger charge is -2.17. The highest BCUT2D eigenvalue weighted by molar-refractivity contribution is 7.99. The Labute approximate surface area is 208 Å². The van der Waals surface area contributed by atoms with E-state index in [0.29, 0.717) is 28.8 Å². The highest BCUT2D eigenvalue weighted by Crippen LogP contribution is 2.22. The van der Waals surface area contributed by atoms with Crippen molar-refractivity contribution in [3.8, 4) is 5.75 Å². The molecule has 0 fully saturated rings. The summed E-state index contributed by atoms with van der Waals surface area (Å²) in [7, 11) is 1.55. The van der Waals surface area contributed by atoms with Gasteiger partial charge in [-0.25, -0.2) is 0 Å². The average molecular weight is 496 g/mol. The van der Waals surface area contributed by atoms with E-state index in [1.165, 1.54) is 11.8 Å². The van der Waals surface area contributed by atoms with E-state index in [4.69, 9.17) is 4.74 Å². The standard InChI is InChI=1S/C25H29N5O4S/c1-4-14-30-23(21(15-31)27-24(33)18-10-12-19(34-3)13-11-18)28-29-25(30)35-16-22(32)26-20-9-7-6-8-17(20)5-2/h4,6-13,21,31H,1,5,14-16H2,2-3H3,(H,26,32)(H,27,33)/t21-/m0/s1. The molecule has 1 atom stereocenters. The Morgan fingerprint density at radius 3 is 2.60 bits per heavy atom. The first kappa shape index (κ1) is 26.0. The molecule has 0 radical (unpaired) electrons. The van der Waals surface area contributed by atoms with E-state index in [-0.39, 0.29) is 24.2 Å². The van der Waals surface area contributed by atoms with Gasteiger partial charge in [-0.2, -0.15) is 0 Å². The summed E-state index contributed by atoms with van der Waals surface area (Å²) in [4.78, 5) is 25.3. The molecule has 3 N–H and O–H groups in total. The molecule has 0 aliphatic carbocycles. The lowest BCUT2D eigenvalue weighted by molar-refractivity contribution is -0.113. The van der Waals surface area contributed by atoms with Crippen molar-refractivity contribution in [3.05, 3.63) is 78.1 Å². The van der Waals surface area contributed by atoms with Gasteiger partial charge in [0.2, 0.25) is 5.91 Å². The number of aliphatic hydroxyl groups is 1. The molecule has 0 saturated heterocycles. The normalized spacial score (nSPS) is 11.5. The number of nitrogens with one attached hydrogen (secondary N) is 2. The molecule has 0 aliphatic rings. The molecule has 3 aromatic rings.